The first-order valence-corrected chi connectivity index (χ1v) is 11.6. The summed E-state index contributed by atoms with van der Waals surface area (Å²) >= 11 is 0. The van der Waals surface area contributed by atoms with E-state index in [4.69, 9.17) is 9.84 Å². The van der Waals surface area contributed by atoms with Crippen molar-refractivity contribution in [2.75, 3.05) is 13.2 Å². The predicted octanol–water partition coefficient (Wildman–Crippen LogP) is 3.16. The molecule has 2 aliphatic carbocycles. The molecule has 35 heavy (non-hydrogen) atoms. The molecule has 0 spiro atoms. The van der Waals surface area contributed by atoms with Crippen molar-refractivity contribution in [3.05, 3.63) is 77.9 Å². The number of benzene rings is 2. The van der Waals surface area contributed by atoms with Crippen LogP contribution in [0.3, 0.4) is 0 Å². The van der Waals surface area contributed by atoms with Crippen molar-refractivity contribution in [1.82, 2.24) is 20.2 Å². The van der Waals surface area contributed by atoms with Crippen LogP contribution in [0.2, 0.25) is 0 Å². The van der Waals surface area contributed by atoms with Crippen LogP contribution in [-0.2, 0) is 16.1 Å². The zero-order valence-corrected chi connectivity index (χ0v) is 19.1. The molecule has 0 aliphatic heterocycles. The maximum Gasteiger partial charge on any atom is 0.407 e. The van der Waals surface area contributed by atoms with Crippen molar-refractivity contribution in [3.63, 3.8) is 0 Å². The van der Waals surface area contributed by atoms with E-state index < -0.39 is 17.6 Å². The molecule has 3 aromatic rings. The molecule has 2 aliphatic rings. The highest BCUT2D eigenvalue weighted by atomic mass is 16.5. The van der Waals surface area contributed by atoms with Gasteiger partial charge in [-0.15, -0.1) is 0 Å². The van der Waals surface area contributed by atoms with Gasteiger partial charge < -0.3 is 25.0 Å². The van der Waals surface area contributed by atoms with Crippen molar-refractivity contribution in [1.29, 1.82) is 0 Å². The fourth-order valence-corrected chi connectivity index (χ4v) is 4.63. The van der Waals surface area contributed by atoms with E-state index in [9.17, 15) is 14.4 Å². The van der Waals surface area contributed by atoms with Crippen molar-refractivity contribution < 1.29 is 24.2 Å². The third-order valence-electron chi connectivity index (χ3n) is 6.61. The van der Waals surface area contributed by atoms with Gasteiger partial charge in [-0.2, -0.15) is 0 Å². The number of nitrogens with one attached hydrogen (secondary N) is 2. The van der Waals surface area contributed by atoms with Crippen LogP contribution in [0.25, 0.3) is 11.1 Å². The SMILES string of the molecule is O=C(CC1(NC(=O)OCC2c3ccccc3-c3ccccc32)CC1)NCCn1cnc(C(=O)O)c1. The summed E-state index contributed by atoms with van der Waals surface area (Å²) in [6.07, 6.45) is 3.91. The minimum Gasteiger partial charge on any atom is -0.476 e. The highest BCUT2D eigenvalue weighted by Gasteiger charge is 2.46. The molecular formula is C26H26N4O5. The number of carboxylic acid groups (broad SMARTS) is 1. The smallest absolute Gasteiger partial charge is 0.407 e. The Morgan fingerprint density at radius 2 is 1.71 bits per heavy atom. The number of nitrogens with zero attached hydrogens (tertiary/aromatic N) is 2. The summed E-state index contributed by atoms with van der Waals surface area (Å²) in [6.45, 7) is 0.958. The fourth-order valence-electron chi connectivity index (χ4n) is 4.63. The zero-order valence-electron chi connectivity index (χ0n) is 19.1. The highest BCUT2D eigenvalue weighted by molar-refractivity contribution is 5.85. The second-order valence-electron chi connectivity index (χ2n) is 9.06. The molecule has 0 atom stereocenters. The van der Waals surface area contributed by atoms with Crippen LogP contribution in [-0.4, -0.2) is 51.3 Å². The van der Waals surface area contributed by atoms with Gasteiger partial charge in [-0.05, 0) is 35.1 Å². The zero-order chi connectivity index (χ0) is 24.4. The predicted molar refractivity (Wildman–Crippen MR) is 127 cm³/mol. The highest BCUT2D eigenvalue weighted by Crippen LogP contribution is 2.44. The molecule has 0 radical (unpaired) electrons. The standard InChI is InChI=1S/C26H26N4O5/c31-23(27-11-12-30-14-22(24(32)33)28-16-30)13-26(9-10-26)29-25(34)35-15-21-19-7-3-1-5-17(19)18-6-2-4-8-20(18)21/h1-8,14,16,21H,9-13,15H2,(H,27,31)(H,29,34)(H,32,33). The number of aromatic carboxylic acids is 1. The van der Waals surface area contributed by atoms with Gasteiger partial charge in [0, 0.05) is 31.6 Å². The van der Waals surface area contributed by atoms with Crippen LogP contribution in [0.15, 0.2) is 61.1 Å². The molecule has 180 valence electrons. The van der Waals surface area contributed by atoms with E-state index in [1.165, 1.54) is 23.7 Å². The van der Waals surface area contributed by atoms with E-state index in [0.717, 1.165) is 11.1 Å². The van der Waals surface area contributed by atoms with Crippen molar-refractivity contribution in [3.8, 4) is 11.1 Å². The lowest BCUT2D eigenvalue weighted by atomic mass is 9.98. The van der Waals surface area contributed by atoms with Crippen molar-refractivity contribution >= 4 is 18.0 Å². The van der Waals surface area contributed by atoms with Gasteiger partial charge in [-0.25, -0.2) is 14.6 Å². The lowest BCUT2D eigenvalue weighted by Gasteiger charge is -2.19. The molecule has 9 heteroatoms. The van der Waals surface area contributed by atoms with Crippen LogP contribution in [0, 0.1) is 0 Å². The van der Waals surface area contributed by atoms with E-state index >= 15 is 0 Å². The van der Waals surface area contributed by atoms with Crippen LogP contribution < -0.4 is 10.6 Å². The summed E-state index contributed by atoms with van der Waals surface area (Å²) < 4.78 is 7.22. The van der Waals surface area contributed by atoms with Gasteiger partial charge in [0.05, 0.1) is 11.9 Å². The molecule has 0 saturated heterocycles. The molecule has 9 nitrogen and oxygen atoms in total. The molecule has 2 aromatic carbocycles. The summed E-state index contributed by atoms with van der Waals surface area (Å²) in [5.41, 5.74) is 4.02. The van der Waals surface area contributed by atoms with E-state index in [-0.39, 0.29) is 30.5 Å². The third-order valence-corrected chi connectivity index (χ3v) is 6.61. The number of rotatable bonds is 9. The maximum absolute atomic E-state index is 12.6. The number of fused-ring (bicyclic) bond motifs is 3. The van der Waals surface area contributed by atoms with E-state index in [2.05, 4.69) is 39.9 Å². The first-order chi connectivity index (χ1) is 16.9. The van der Waals surface area contributed by atoms with Crippen molar-refractivity contribution in [2.24, 2.45) is 0 Å². The lowest BCUT2D eigenvalue weighted by Crippen LogP contribution is -2.42. The van der Waals surface area contributed by atoms with E-state index in [1.807, 2.05) is 24.3 Å². The summed E-state index contributed by atoms with van der Waals surface area (Å²) in [5, 5.41) is 14.6. The Bertz CT molecular complexity index is 1230. The molecule has 1 aromatic heterocycles. The molecule has 1 saturated carbocycles. The summed E-state index contributed by atoms with van der Waals surface area (Å²) in [4.78, 5) is 39.7. The Kier molecular flexibility index (Phi) is 5.98. The third kappa shape index (κ3) is 4.89. The lowest BCUT2D eigenvalue weighted by molar-refractivity contribution is -0.121. The summed E-state index contributed by atoms with van der Waals surface area (Å²) in [6, 6.07) is 16.3. The number of hydrogen-bond donors (Lipinski definition) is 3. The number of carbonyl (C=O) groups excluding carboxylic acids is 2. The van der Waals surface area contributed by atoms with E-state index in [0.29, 0.717) is 25.9 Å². The average molecular weight is 475 g/mol. The molecule has 1 fully saturated rings. The summed E-state index contributed by atoms with van der Waals surface area (Å²) in [7, 11) is 0. The van der Waals surface area contributed by atoms with Crippen LogP contribution in [0.4, 0.5) is 4.79 Å². The number of alkyl carbamates (subject to hydrolysis) is 1. The number of aromatic nitrogens is 2. The normalized spacial score (nSPS) is 15.1. The number of carbonyl (C=O) groups is 3. The van der Waals surface area contributed by atoms with Crippen molar-refractivity contribution in [2.45, 2.75) is 37.3 Å². The fraction of sp³-hybridized carbons (Fsp3) is 0.308. The Balaban J connectivity index is 1.10. The van der Waals surface area contributed by atoms with Gasteiger partial charge in [-0.3, -0.25) is 4.79 Å². The Morgan fingerprint density at radius 3 is 2.31 bits per heavy atom. The Hall–Kier alpha value is -4.14. The van der Waals surface area contributed by atoms with Gasteiger partial charge in [0.25, 0.3) is 0 Å². The molecule has 1 heterocycles. The first-order valence-electron chi connectivity index (χ1n) is 11.6. The number of hydrogen-bond acceptors (Lipinski definition) is 5. The monoisotopic (exact) mass is 474 g/mol. The molecule has 2 amide bonds. The van der Waals surface area contributed by atoms with E-state index in [1.54, 1.807) is 4.57 Å². The quantitative estimate of drug-likeness (QED) is 0.438. The average Bonchev–Trinajstić information content (AvgIpc) is 3.28. The van der Waals surface area contributed by atoms with Crippen LogP contribution in [0.5, 0.6) is 0 Å². The molecule has 5 rings (SSSR count). The minimum atomic E-state index is -1.09. The molecular weight excluding hydrogens is 448 g/mol. The first kappa shape index (κ1) is 22.6. The number of imidazole rings is 1. The van der Waals surface area contributed by atoms with Gasteiger partial charge >= 0.3 is 12.1 Å². The topological polar surface area (TPSA) is 123 Å². The second-order valence-corrected chi connectivity index (χ2v) is 9.06. The van der Waals surface area contributed by atoms with Crippen LogP contribution in [0.1, 0.15) is 46.8 Å². The minimum absolute atomic E-state index is 0.0172. The largest absolute Gasteiger partial charge is 0.476 e. The Labute approximate surface area is 202 Å². The molecule has 0 bridgehead atoms. The number of amides is 2. The molecule has 0 unspecified atom stereocenters. The number of carboxylic acids is 1. The Morgan fingerprint density at radius 1 is 1.06 bits per heavy atom. The van der Waals surface area contributed by atoms with Gasteiger partial charge in [0.15, 0.2) is 5.69 Å². The van der Waals surface area contributed by atoms with Gasteiger partial charge in [0.1, 0.15) is 6.61 Å². The summed E-state index contributed by atoms with van der Waals surface area (Å²) in [5.74, 6) is -1.29. The van der Waals surface area contributed by atoms with Gasteiger partial charge in [-0.1, -0.05) is 48.5 Å². The van der Waals surface area contributed by atoms with Crippen LogP contribution >= 0.6 is 0 Å². The molecule has 3 N–H and O–H groups in total. The maximum atomic E-state index is 12.6. The number of ether oxygens (including phenoxy) is 1. The van der Waals surface area contributed by atoms with Gasteiger partial charge in [0.2, 0.25) is 5.91 Å². The second kappa shape index (κ2) is 9.25.